The minimum absolute atomic E-state index is 0.101. The number of amides is 1. The summed E-state index contributed by atoms with van der Waals surface area (Å²) in [6.45, 7) is 4.10. The van der Waals surface area contributed by atoms with Crippen molar-refractivity contribution in [2.24, 2.45) is 0 Å². The van der Waals surface area contributed by atoms with Gasteiger partial charge in [-0.25, -0.2) is 4.79 Å². The molecule has 0 saturated heterocycles. The van der Waals surface area contributed by atoms with Crippen molar-refractivity contribution in [2.75, 3.05) is 6.54 Å². The molecule has 1 amide bonds. The Balaban J connectivity index is 2.28. The molecule has 108 valence electrons. The number of hydrogen-bond acceptors (Lipinski definition) is 3. The van der Waals surface area contributed by atoms with E-state index in [1.807, 2.05) is 6.92 Å². The van der Waals surface area contributed by atoms with E-state index in [2.05, 4.69) is 0 Å². The van der Waals surface area contributed by atoms with Crippen LogP contribution in [0.5, 0.6) is 0 Å². The van der Waals surface area contributed by atoms with Gasteiger partial charge in [-0.05, 0) is 38.8 Å². The number of aromatic carboxylic acids is 1. The van der Waals surface area contributed by atoms with Crippen LogP contribution in [0.1, 0.15) is 35.8 Å². The van der Waals surface area contributed by atoms with Crippen LogP contribution in [0.25, 0.3) is 0 Å². The first kappa shape index (κ1) is 14.3. The van der Waals surface area contributed by atoms with Crippen molar-refractivity contribution >= 4 is 11.9 Å². The van der Waals surface area contributed by atoms with Gasteiger partial charge in [-0.1, -0.05) is 0 Å². The van der Waals surface area contributed by atoms with Crippen LogP contribution in [0.2, 0.25) is 0 Å². The second kappa shape index (κ2) is 5.48. The second-order valence-corrected chi connectivity index (χ2v) is 5.00. The minimum Gasteiger partial charge on any atom is -0.477 e. The zero-order valence-corrected chi connectivity index (χ0v) is 11.6. The lowest BCUT2D eigenvalue weighted by Crippen LogP contribution is -2.39. The second-order valence-electron chi connectivity index (χ2n) is 5.00. The number of carboxylic acids is 1. The van der Waals surface area contributed by atoms with Gasteiger partial charge in [-0.15, -0.1) is 0 Å². The van der Waals surface area contributed by atoms with Crippen LogP contribution in [-0.2, 0) is 11.3 Å². The molecule has 0 unspecified atom stereocenters. The molecule has 0 spiro atoms. The van der Waals surface area contributed by atoms with E-state index in [4.69, 9.17) is 5.11 Å². The molecular formula is C14H18N2O4. The average Bonchev–Trinajstić information content (AvgIpc) is 3.19. The maximum atomic E-state index is 12.2. The number of aryl methyl sites for hydroxylation is 1. The normalized spacial score (nSPS) is 14.1. The Hall–Kier alpha value is -2.11. The Labute approximate surface area is 116 Å². The van der Waals surface area contributed by atoms with Crippen molar-refractivity contribution in [3.8, 4) is 0 Å². The fourth-order valence-corrected chi connectivity index (χ4v) is 2.28. The van der Waals surface area contributed by atoms with Crippen LogP contribution in [0.15, 0.2) is 16.9 Å². The molecule has 6 heteroatoms. The van der Waals surface area contributed by atoms with Crippen molar-refractivity contribution in [3.05, 3.63) is 33.7 Å². The summed E-state index contributed by atoms with van der Waals surface area (Å²) in [6.07, 6.45) is 2.01. The topological polar surface area (TPSA) is 79.6 Å². The molecule has 1 heterocycles. The quantitative estimate of drug-likeness (QED) is 0.866. The van der Waals surface area contributed by atoms with Gasteiger partial charge in [-0.3, -0.25) is 9.59 Å². The summed E-state index contributed by atoms with van der Waals surface area (Å²) >= 11 is 0. The molecule has 0 aliphatic heterocycles. The lowest BCUT2D eigenvalue weighted by molar-refractivity contribution is -0.132. The van der Waals surface area contributed by atoms with Crippen molar-refractivity contribution in [1.29, 1.82) is 0 Å². The van der Waals surface area contributed by atoms with E-state index in [-0.39, 0.29) is 24.1 Å². The van der Waals surface area contributed by atoms with Crippen LogP contribution < -0.4 is 5.56 Å². The van der Waals surface area contributed by atoms with Gasteiger partial charge in [0.25, 0.3) is 5.56 Å². The zero-order chi connectivity index (χ0) is 14.9. The molecule has 0 radical (unpaired) electrons. The third-order valence-electron chi connectivity index (χ3n) is 3.56. The van der Waals surface area contributed by atoms with Crippen molar-refractivity contribution < 1.29 is 14.7 Å². The molecule has 1 aromatic rings. The van der Waals surface area contributed by atoms with Crippen LogP contribution >= 0.6 is 0 Å². The van der Waals surface area contributed by atoms with Gasteiger partial charge in [0.1, 0.15) is 12.1 Å². The first-order valence-electron chi connectivity index (χ1n) is 6.69. The van der Waals surface area contributed by atoms with Crippen molar-refractivity contribution in [1.82, 2.24) is 9.47 Å². The predicted octanol–water partition coefficient (Wildman–Crippen LogP) is 0.866. The van der Waals surface area contributed by atoms with E-state index in [9.17, 15) is 14.4 Å². The maximum absolute atomic E-state index is 12.2. The van der Waals surface area contributed by atoms with E-state index >= 15 is 0 Å². The summed E-state index contributed by atoms with van der Waals surface area (Å²) in [5.41, 5.74) is -0.351. The maximum Gasteiger partial charge on any atom is 0.341 e. The van der Waals surface area contributed by atoms with Gasteiger partial charge in [0.05, 0.1) is 0 Å². The Kier molecular flexibility index (Phi) is 3.92. The third-order valence-corrected chi connectivity index (χ3v) is 3.56. The zero-order valence-electron chi connectivity index (χ0n) is 11.6. The fourth-order valence-electron chi connectivity index (χ4n) is 2.28. The molecule has 1 fully saturated rings. The van der Waals surface area contributed by atoms with Crippen LogP contribution in [0.4, 0.5) is 0 Å². The molecule has 0 atom stereocenters. The minimum atomic E-state index is -1.27. The summed E-state index contributed by atoms with van der Waals surface area (Å²) < 4.78 is 1.23. The SMILES string of the molecule is CCN(C(=O)Cn1c(C)ccc(C(=O)O)c1=O)C1CC1. The Bertz CT molecular complexity index is 602. The van der Waals surface area contributed by atoms with Crippen LogP contribution in [0, 0.1) is 6.92 Å². The Morgan fingerprint density at radius 2 is 2.05 bits per heavy atom. The van der Waals surface area contributed by atoms with Gasteiger partial charge in [0.15, 0.2) is 0 Å². The standard InChI is InChI=1S/C14H18N2O4/c1-3-15(10-5-6-10)12(17)8-16-9(2)4-7-11(13(16)18)14(19)20/h4,7,10H,3,5-6,8H2,1-2H3,(H,19,20). The van der Waals surface area contributed by atoms with E-state index in [0.717, 1.165) is 12.8 Å². The highest BCUT2D eigenvalue weighted by molar-refractivity contribution is 5.87. The van der Waals surface area contributed by atoms with Crippen molar-refractivity contribution in [3.63, 3.8) is 0 Å². The van der Waals surface area contributed by atoms with Gasteiger partial charge in [-0.2, -0.15) is 0 Å². The lowest BCUT2D eigenvalue weighted by Gasteiger charge is -2.21. The summed E-state index contributed by atoms with van der Waals surface area (Å²) in [4.78, 5) is 37.0. The number of pyridine rings is 1. The number of carboxylic acid groups (broad SMARTS) is 1. The van der Waals surface area contributed by atoms with Gasteiger partial charge >= 0.3 is 5.97 Å². The molecule has 6 nitrogen and oxygen atoms in total. The summed E-state index contributed by atoms with van der Waals surface area (Å²) in [6, 6.07) is 3.11. The number of rotatable bonds is 5. The average molecular weight is 278 g/mol. The van der Waals surface area contributed by atoms with E-state index in [1.54, 1.807) is 17.9 Å². The molecular weight excluding hydrogens is 260 g/mol. The van der Waals surface area contributed by atoms with Crippen LogP contribution in [-0.4, -0.2) is 39.0 Å². The summed E-state index contributed by atoms with van der Waals surface area (Å²) in [7, 11) is 0. The number of carbonyl (C=O) groups is 2. The number of aromatic nitrogens is 1. The first-order chi connectivity index (χ1) is 9.45. The lowest BCUT2D eigenvalue weighted by atomic mass is 10.2. The molecule has 1 saturated carbocycles. The number of nitrogens with zero attached hydrogens (tertiary/aromatic N) is 2. The van der Waals surface area contributed by atoms with Crippen LogP contribution in [0.3, 0.4) is 0 Å². The third kappa shape index (κ3) is 2.74. The highest BCUT2D eigenvalue weighted by atomic mass is 16.4. The number of hydrogen-bond donors (Lipinski definition) is 1. The molecule has 1 aromatic heterocycles. The molecule has 0 aromatic carbocycles. The summed E-state index contributed by atoms with van der Waals surface area (Å²) in [5.74, 6) is -1.41. The van der Waals surface area contributed by atoms with Gasteiger partial charge in [0, 0.05) is 18.3 Å². The fraction of sp³-hybridized carbons (Fsp3) is 0.500. The predicted molar refractivity (Wildman–Crippen MR) is 72.8 cm³/mol. The first-order valence-corrected chi connectivity index (χ1v) is 6.69. The van der Waals surface area contributed by atoms with Gasteiger partial charge in [0.2, 0.25) is 5.91 Å². The summed E-state index contributed by atoms with van der Waals surface area (Å²) in [5, 5.41) is 8.96. The molecule has 2 rings (SSSR count). The Morgan fingerprint density at radius 1 is 1.40 bits per heavy atom. The van der Waals surface area contributed by atoms with Crippen molar-refractivity contribution in [2.45, 2.75) is 39.3 Å². The monoisotopic (exact) mass is 278 g/mol. The smallest absolute Gasteiger partial charge is 0.341 e. The largest absolute Gasteiger partial charge is 0.477 e. The molecule has 20 heavy (non-hydrogen) atoms. The van der Waals surface area contributed by atoms with E-state index in [0.29, 0.717) is 12.2 Å². The highest BCUT2D eigenvalue weighted by Gasteiger charge is 2.31. The molecule has 1 aliphatic rings. The molecule has 1 N–H and O–H groups in total. The highest BCUT2D eigenvalue weighted by Crippen LogP contribution is 2.26. The number of carbonyl (C=O) groups excluding carboxylic acids is 1. The number of likely N-dealkylation sites (N-methyl/N-ethyl adjacent to an activating group) is 1. The Morgan fingerprint density at radius 3 is 2.55 bits per heavy atom. The molecule has 1 aliphatic carbocycles. The van der Waals surface area contributed by atoms with E-state index < -0.39 is 11.5 Å². The van der Waals surface area contributed by atoms with Gasteiger partial charge < -0.3 is 14.6 Å². The molecule has 0 bridgehead atoms. The van der Waals surface area contributed by atoms with E-state index in [1.165, 1.54) is 10.6 Å².